The van der Waals surface area contributed by atoms with Crippen molar-refractivity contribution in [1.29, 1.82) is 0 Å². The Morgan fingerprint density at radius 1 is 0.588 bits per heavy atom. The maximum absolute atomic E-state index is 13.0. The van der Waals surface area contributed by atoms with E-state index < -0.39 is 5.82 Å². The number of hydrogen-bond donors (Lipinski definition) is 3. The molecule has 0 aromatic heterocycles. The van der Waals surface area contributed by atoms with Crippen LogP contribution in [0.1, 0.15) is 31.1 Å². The Kier molecular flexibility index (Phi) is 6.93. The maximum atomic E-state index is 13.0. The average molecular weight is 455 g/mol. The Hall–Kier alpha value is -4.52. The average Bonchev–Trinajstić information content (AvgIpc) is 2.87. The number of fused-ring (bicyclic) bond motifs is 1. The zero-order valence-electron chi connectivity index (χ0n) is 18.2. The predicted molar refractivity (Wildman–Crippen MR) is 129 cm³/mol. The van der Waals surface area contributed by atoms with Gasteiger partial charge in [-0.2, -0.15) is 0 Å². The Morgan fingerprint density at radius 3 is 1.79 bits per heavy atom. The predicted octanol–water partition coefficient (Wildman–Crippen LogP) is 4.39. The molecule has 4 aromatic carbocycles. The molecule has 0 heterocycles. The van der Waals surface area contributed by atoms with Crippen molar-refractivity contribution in [3.63, 3.8) is 0 Å². The summed E-state index contributed by atoms with van der Waals surface area (Å²) in [5.74, 6) is -1.29. The van der Waals surface area contributed by atoms with Gasteiger partial charge < -0.3 is 16.0 Å². The Bertz CT molecular complexity index is 1340. The van der Waals surface area contributed by atoms with E-state index >= 15 is 0 Å². The zero-order valence-corrected chi connectivity index (χ0v) is 18.2. The van der Waals surface area contributed by atoms with Crippen molar-refractivity contribution in [2.24, 2.45) is 0 Å². The maximum Gasteiger partial charge on any atom is 0.255 e. The van der Waals surface area contributed by atoms with Gasteiger partial charge in [-0.25, -0.2) is 4.39 Å². The molecule has 34 heavy (non-hydrogen) atoms. The normalized spacial score (nSPS) is 10.5. The third-order valence-corrected chi connectivity index (χ3v) is 5.22. The number of rotatable bonds is 7. The van der Waals surface area contributed by atoms with Crippen molar-refractivity contribution >= 4 is 34.2 Å². The molecular weight excluding hydrogens is 433 g/mol. The number of halogens is 1. The first kappa shape index (κ1) is 22.7. The summed E-state index contributed by atoms with van der Waals surface area (Å²) in [6.07, 6.45) is 0. The van der Waals surface area contributed by atoms with E-state index in [-0.39, 0.29) is 30.8 Å². The molecule has 0 aliphatic heterocycles. The van der Waals surface area contributed by atoms with Gasteiger partial charge in [-0.05, 0) is 71.4 Å². The topological polar surface area (TPSA) is 87.3 Å². The molecule has 7 heteroatoms. The largest absolute Gasteiger partial charge is 0.350 e. The summed E-state index contributed by atoms with van der Waals surface area (Å²) in [6, 6.07) is 24.9. The lowest BCUT2D eigenvalue weighted by Crippen LogP contribution is -2.34. The molecule has 0 radical (unpaired) electrons. The molecule has 0 saturated heterocycles. The SMILES string of the molecule is O=C(NCCNC(=O)c1ccc2ccccc2c1)c1ccc(NC(=O)c2ccc(F)cc2)cc1. The summed E-state index contributed by atoms with van der Waals surface area (Å²) >= 11 is 0. The minimum Gasteiger partial charge on any atom is -0.350 e. The minimum atomic E-state index is -0.417. The highest BCUT2D eigenvalue weighted by Gasteiger charge is 2.09. The second kappa shape index (κ2) is 10.4. The number of carbonyl (C=O) groups is 3. The Labute approximate surface area is 195 Å². The van der Waals surface area contributed by atoms with Crippen LogP contribution in [0.3, 0.4) is 0 Å². The second-order valence-corrected chi connectivity index (χ2v) is 7.61. The summed E-state index contributed by atoms with van der Waals surface area (Å²) in [7, 11) is 0. The number of carbonyl (C=O) groups excluding carboxylic acids is 3. The van der Waals surface area contributed by atoms with E-state index in [0.717, 1.165) is 10.8 Å². The summed E-state index contributed by atoms with van der Waals surface area (Å²) in [5, 5.41) is 10.3. The van der Waals surface area contributed by atoms with Gasteiger partial charge in [0.15, 0.2) is 0 Å². The fraction of sp³-hybridized carbons (Fsp3) is 0.0741. The fourth-order valence-corrected chi connectivity index (χ4v) is 3.40. The van der Waals surface area contributed by atoms with Crippen LogP contribution in [-0.2, 0) is 0 Å². The highest BCUT2D eigenvalue weighted by molar-refractivity contribution is 6.04. The lowest BCUT2D eigenvalue weighted by molar-refractivity contribution is 0.0928. The van der Waals surface area contributed by atoms with E-state index in [1.165, 1.54) is 24.3 Å². The van der Waals surface area contributed by atoms with E-state index in [9.17, 15) is 18.8 Å². The molecule has 4 rings (SSSR count). The highest BCUT2D eigenvalue weighted by atomic mass is 19.1. The van der Waals surface area contributed by atoms with Crippen LogP contribution in [-0.4, -0.2) is 30.8 Å². The third-order valence-electron chi connectivity index (χ3n) is 5.22. The van der Waals surface area contributed by atoms with Crippen molar-refractivity contribution in [3.05, 3.63) is 114 Å². The number of anilines is 1. The van der Waals surface area contributed by atoms with E-state index in [1.807, 2.05) is 36.4 Å². The molecular formula is C27H22FN3O3. The van der Waals surface area contributed by atoms with E-state index in [1.54, 1.807) is 30.3 Å². The van der Waals surface area contributed by atoms with E-state index in [4.69, 9.17) is 0 Å². The van der Waals surface area contributed by atoms with Crippen LogP contribution in [0.25, 0.3) is 10.8 Å². The van der Waals surface area contributed by atoms with Crippen LogP contribution in [0, 0.1) is 5.82 Å². The monoisotopic (exact) mass is 455 g/mol. The molecule has 3 amide bonds. The van der Waals surface area contributed by atoms with Gasteiger partial charge in [-0.1, -0.05) is 30.3 Å². The van der Waals surface area contributed by atoms with Gasteiger partial charge in [0.05, 0.1) is 0 Å². The summed E-state index contributed by atoms with van der Waals surface area (Å²) in [5.41, 5.74) is 1.81. The smallest absolute Gasteiger partial charge is 0.255 e. The van der Waals surface area contributed by atoms with Crippen LogP contribution in [0.5, 0.6) is 0 Å². The zero-order chi connectivity index (χ0) is 23.9. The standard InChI is InChI=1S/C27H22FN3O3/c28-23-11-7-20(8-12-23)27(34)31-24-13-9-19(10-14-24)25(32)29-15-16-30-26(33)22-6-5-18-3-1-2-4-21(18)17-22/h1-14,17H,15-16H2,(H,29,32)(H,30,33)(H,31,34). The van der Waals surface area contributed by atoms with Gasteiger partial charge in [-0.3, -0.25) is 14.4 Å². The molecule has 0 atom stereocenters. The van der Waals surface area contributed by atoms with Crippen LogP contribution in [0.4, 0.5) is 10.1 Å². The molecule has 4 aromatic rings. The quantitative estimate of drug-likeness (QED) is 0.361. The molecule has 3 N–H and O–H groups in total. The van der Waals surface area contributed by atoms with Gasteiger partial charge in [0.2, 0.25) is 0 Å². The molecule has 170 valence electrons. The Morgan fingerprint density at radius 2 is 1.12 bits per heavy atom. The van der Waals surface area contributed by atoms with Crippen molar-refractivity contribution < 1.29 is 18.8 Å². The molecule has 0 aliphatic rings. The van der Waals surface area contributed by atoms with Crippen LogP contribution in [0.15, 0.2) is 91.0 Å². The highest BCUT2D eigenvalue weighted by Crippen LogP contribution is 2.15. The van der Waals surface area contributed by atoms with E-state index in [2.05, 4.69) is 16.0 Å². The minimum absolute atomic E-state index is 0.207. The summed E-state index contributed by atoms with van der Waals surface area (Å²) in [6.45, 7) is 0.546. The van der Waals surface area contributed by atoms with Crippen molar-refractivity contribution in [2.45, 2.75) is 0 Å². The number of amides is 3. The summed E-state index contributed by atoms with van der Waals surface area (Å²) in [4.78, 5) is 36.9. The van der Waals surface area contributed by atoms with E-state index in [0.29, 0.717) is 22.4 Å². The molecule has 0 unspecified atom stereocenters. The number of benzene rings is 4. The molecule has 0 aliphatic carbocycles. The van der Waals surface area contributed by atoms with Crippen LogP contribution >= 0.6 is 0 Å². The number of nitrogens with one attached hydrogen (secondary N) is 3. The number of hydrogen-bond acceptors (Lipinski definition) is 3. The van der Waals surface area contributed by atoms with Gasteiger partial charge in [0.1, 0.15) is 5.82 Å². The lowest BCUT2D eigenvalue weighted by Gasteiger charge is -2.09. The van der Waals surface area contributed by atoms with Crippen LogP contribution < -0.4 is 16.0 Å². The first-order valence-corrected chi connectivity index (χ1v) is 10.7. The second-order valence-electron chi connectivity index (χ2n) is 7.61. The lowest BCUT2D eigenvalue weighted by atomic mass is 10.1. The van der Waals surface area contributed by atoms with Crippen LogP contribution in [0.2, 0.25) is 0 Å². The van der Waals surface area contributed by atoms with Gasteiger partial charge in [0, 0.05) is 35.5 Å². The summed E-state index contributed by atoms with van der Waals surface area (Å²) < 4.78 is 13.0. The first-order chi connectivity index (χ1) is 16.5. The van der Waals surface area contributed by atoms with Crippen molar-refractivity contribution in [3.8, 4) is 0 Å². The van der Waals surface area contributed by atoms with Gasteiger partial charge in [0.25, 0.3) is 17.7 Å². The third kappa shape index (κ3) is 5.63. The molecule has 0 fully saturated rings. The first-order valence-electron chi connectivity index (χ1n) is 10.7. The molecule has 0 spiro atoms. The molecule has 0 bridgehead atoms. The van der Waals surface area contributed by atoms with Gasteiger partial charge in [-0.15, -0.1) is 0 Å². The van der Waals surface area contributed by atoms with Crippen molar-refractivity contribution in [1.82, 2.24) is 10.6 Å². The fourth-order valence-electron chi connectivity index (χ4n) is 3.40. The van der Waals surface area contributed by atoms with Crippen molar-refractivity contribution in [2.75, 3.05) is 18.4 Å². The van der Waals surface area contributed by atoms with Gasteiger partial charge >= 0.3 is 0 Å². The Balaban J connectivity index is 1.24. The molecule has 0 saturated carbocycles. The molecule has 6 nitrogen and oxygen atoms in total.